The van der Waals surface area contributed by atoms with Crippen molar-refractivity contribution in [3.8, 4) is 0 Å². The maximum Gasteiger partial charge on any atom is 0.354 e. The minimum Gasteiger partial charge on any atom is -0.477 e. The number of pyridine rings is 1. The first-order valence-corrected chi connectivity index (χ1v) is 6.76. The number of nitrogens with zero attached hydrogens (tertiary/aromatic N) is 2. The van der Waals surface area contributed by atoms with Gasteiger partial charge in [-0.3, -0.25) is 0 Å². The Kier molecular flexibility index (Phi) is 3.37. The zero-order chi connectivity index (χ0) is 13.9. The molecule has 2 heterocycles. The minimum absolute atomic E-state index is 0.149. The van der Waals surface area contributed by atoms with E-state index in [2.05, 4.69) is 28.1 Å². The van der Waals surface area contributed by atoms with Gasteiger partial charge in [-0.05, 0) is 30.5 Å². The van der Waals surface area contributed by atoms with Gasteiger partial charge in [0.1, 0.15) is 0 Å². The molecule has 1 aromatic heterocycles. The standard InChI is InChI=1S/C16H16N2O2/c19-16(20)15-13(6-3-9-17-15)11-18-10-4-7-12-5-1-2-8-14(12)18/h1-3,5-6,8-9H,4,7,10-11H2,(H,19,20). The van der Waals surface area contributed by atoms with Crippen molar-refractivity contribution < 1.29 is 9.90 Å². The molecule has 0 saturated heterocycles. The zero-order valence-corrected chi connectivity index (χ0v) is 11.1. The summed E-state index contributed by atoms with van der Waals surface area (Å²) < 4.78 is 0. The number of aromatic nitrogens is 1. The highest BCUT2D eigenvalue weighted by Gasteiger charge is 2.19. The second kappa shape index (κ2) is 5.33. The van der Waals surface area contributed by atoms with Crippen molar-refractivity contribution in [2.24, 2.45) is 0 Å². The van der Waals surface area contributed by atoms with Gasteiger partial charge in [0.25, 0.3) is 0 Å². The third kappa shape index (κ3) is 2.37. The molecule has 0 unspecified atom stereocenters. The summed E-state index contributed by atoms with van der Waals surface area (Å²) in [6.07, 6.45) is 3.71. The van der Waals surface area contributed by atoms with E-state index in [0.29, 0.717) is 6.54 Å². The average molecular weight is 268 g/mol. The van der Waals surface area contributed by atoms with Gasteiger partial charge in [-0.1, -0.05) is 24.3 Å². The van der Waals surface area contributed by atoms with Gasteiger partial charge in [0.15, 0.2) is 5.69 Å². The highest BCUT2D eigenvalue weighted by molar-refractivity contribution is 5.87. The molecule has 1 aromatic carbocycles. The Morgan fingerprint density at radius 2 is 2.10 bits per heavy atom. The van der Waals surface area contributed by atoms with Gasteiger partial charge in [-0.25, -0.2) is 9.78 Å². The van der Waals surface area contributed by atoms with Crippen LogP contribution < -0.4 is 4.90 Å². The maximum atomic E-state index is 11.2. The Hall–Kier alpha value is -2.36. The summed E-state index contributed by atoms with van der Waals surface area (Å²) in [6, 6.07) is 12.0. The lowest BCUT2D eigenvalue weighted by molar-refractivity contribution is 0.0689. The Morgan fingerprint density at radius 1 is 1.25 bits per heavy atom. The second-order valence-corrected chi connectivity index (χ2v) is 4.97. The number of rotatable bonds is 3. The molecule has 20 heavy (non-hydrogen) atoms. The molecule has 102 valence electrons. The third-order valence-electron chi connectivity index (χ3n) is 3.66. The predicted octanol–water partition coefficient (Wildman–Crippen LogP) is 2.73. The largest absolute Gasteiger partial charge is 0.477 e. The molecule has 0 atom stereocenters. The summed E-state index contributed by atoms with van der Waals surface area (Å²) >= 11 is 0. The minimum atomic E-state index is -0.967. The van der Waals surface area contributed by atoms with Crippen LogP contribution in [0.15, 0.2) is 42.6 Å². The highest BCUT2D eigenvalue weighted by Crippen LogP contribution is 2.28. The van der Waals surface area contributed by atoms with Crippen molar-refractivity contribution in [1.82, 2.24) is 4.98 Å². The number of carboxylic acids is 1. The number of hydrogen-bond acceptors (Lipinski definition) is 3. The van der Waals surface area contributed by atoms with Gasteiger partial charge in [-0.15, -0.1) is 0 Å². The first-order chi connectivity index (χ1) is 9.75. The van der Waals surface area contributed by atoms with Crippen molar-refractivity contribution in [3.05, 3.63) is 59.4 Å². The van der Waals surface area contributed by atoms with Gasteiger partial charge >= 0.3 is 5.97 Å². The SMILES string of the molecule is O=C(O)c1ncccc1CN1CCCc2ccccc21. The smallest absolute Gasteiger partial charge is 0.354 e. The monoisotopic (exact) mass is 268 g/mol. The van der Waals surface area contributed by atoms with Crippen LogP contribution in [-0.4, -0.2) is 22.6 Å². The molecule has 1 N–H and O–H groups in total. The molecule has 0 aliphatic carbocycles. The topological polar surface area (TPSA) is 53.4 Å². The van der Waals surface area contributed by atoms with Crippen molar-refractivity contribution in [3.63, 3.8) is 0 Å². The van der Waals surface area contributed by atoms with E-state index in [-0.39, 0.29) is 5.69 Å². The predicted molar refractivity (Wildman–Crippen MR) is 77.0 cm³/mol. The summed E-state index contributed by atoms with van der Waals surface area (Å²) in [5, 5.41) is 9.21. The fraction of sp³-hybridized carbons (Fsp3) is 0.250. The normalized spacial score (nSPS) is 13.9. The van der Waals surface area contributed by atoms with Crippen molar-refractivity contribution >= 4 is 11.7 Å². The van der Waals surface area contributed by atoms with Gasteiger partial charge < -0.3 is 10.0 Å². The lowest BCUT2D eigenvalue weighted by Gasteiger charge is -2.31. The molecule has 4 heteroatoms. The van der Waals surface area contributed by atoms with Crippen molar-refractivity contribution in [1.29, 1.82) is 0 Å². The number of benzene rings is 1. The van der Waals surface area contributed by atoms with Crippen molar-refractivity contribution in [2.75, 3.05) is 11.4 Å². The molecule has 0 amide bonds. The Bertz CT molecular complexity index is 640. The summed E-state index contributed by atoms with van der Waals surface area (Å²) in [7, 11) is 0. The first kappa shape index (κ1) is 12.7. The van der Waals surface area contributed by atoms with E-state index in [0.717, 1.165) is 24.9 Å². The van der Waals surface area contributed by atoms with Gasteiger partial charge in [0, 0.05) is 30.5 Å². The Labute approximate surface area is 117 Å². The molecular weight excluding hydrogens is 252 g/mol. The van der Waals surface area contributed by atoms with Crippen LogP contribution in [0.5, 0.6) is 0 Å². The molecule has 0 saturated carbocycles. The van der Waals surface area contributed by atoms with Gasteiger partial charge in [0.2, 0.25) is 0 Å². The zero-order valence-electron chi connectivity index (χ0n) is 11.1. The average Bonchev–Trinajstić information content (AvgIpc) is 2.48. The van der Waals surface area contributed by atoms with E-state index in [4.69, 9.17) is 0 Å². The summed E-state index contributed by atoms with van der Waals surface area (Å²) in [4.78, 5) is 17.4. The van der Waals surface area contributed by atoms with Gasteiger partial charge in [-0.2, -0.15) is 0 Å². The quantitative estimate of drug-likeness (QED) is 0.930. The fourth-order valence-electron chi connectivity index (χ4n) is 2.74. The molecule has 2 aromatic rings. The molecule has 0 bridgehead atoms. The van der Waals surface area contributed by atoms with Crippen LogP contribution in [0.3, 0.4) is 0 Å². The number of aryl methyl sites for hydroxylation is 1. The Balaban J connectivity index is 1.92. The van der Waals surface area contributed by atoms with E-state index in [1.54, 1.807) is 6.07 Å². The van der Waals surface area contributed by atoms with E-state index in [1.165, 1.54) is 17.4 Å². The van der Waals surface area contributed by atoms with E-state index in [1.807, 2.05) is 12.1 Å². The number of para-hydroxylation sites is 1. The number of carbonyl (C=O) groups is 1. The molecule has 1 aliphatic rings. The van der Waals surface area contributed by atoms with Crippen LogP contribution in [0, 0.1) is 0 Å². The second-order valence-electron chi connectivity index (χ2n) is 4.97. The molecule has 1 aliphatic heterocycles. The number of fused-ring (bicyclic) bond motifs is 1. The van der Waals surface area contributed by atoms with Crippen LogP contribution in [0.4, 0.5) is 5.69 Å². The van der Waals surface area contributed by atoms with E-state index < -0.39 is 5.97 Å². The van der Waals surface area contributed by atoms with Crippen molar-refractivity contribution in [2.45, 2.75) is 19.4 Å². The molecule has 3 rings (SSSR count). The van der Waals surface area contributed by atoms with E-state index in [9.17, 15) is 9.90 Å². The maximum absolute atomic E-state index is 11.2. The first-order valence-electron chi connectivity index (χ1n) is 6.76. The van der Waals surface area contributed by atoms with E-state index >= 15 is 0 Å². The molecule has 4 nitrogen and oxygen atoms in total. The summed E-state index contributed by atoms with van der Waals surface area (Å²) in [6.45, 7) is 1.54. The molecule has 0 radical (unpaired) electrons. The lowest BCUT2D eigenvalue weighted by atomic mass is 10.0. The number of aromatic carboxylic acids is 1. The molecule has 0 fully saturated rings. The molecule has 0 spiro atoms. The van der Waals surface area contributed by atoms with Crippen LogP contribution in [0.1, 0.15) is 28.0 Å². The van der Waals surface area contributed by atoms with Crippen LogP contribution in [0.25, 0.3) is 0 Å². The summed E-state index contributed by atoms with van der Waals surface area (Å²) in [5.41, 5.74) is 3.45. The van der Waals surface area contributed by atoms with Crippen LogP contribution in [0.2, 0.25) is 0 Å². The molecular formula is C16H16N2O2. The summed E-state index contributed by atoms with van der Waals surface area (Å²) in [5.74, 6) is -0.967. The van der Waals surface area contributed by atoms with Gasteiger partial charge in [0.05, 0.1) is 0 Å². The number of carboxylic acid groups (broad SMARTS) is 1. The number of anilines is 1. The fourth-order valence-corrected chi connectivity index (χ4v) is 2.74. The Morgan fingerprint density at radius 3 is 2.95 bits per heavy atom. The highest BCUT2D eigenvalue weighted by atomic mass is 16.4. The number of hydrogen-bond donors (Lipinski definition) is 1. The lowest BCUT2D eigenvalue weighted by Crippen LogP contribution is -2.29. The van der Waals surface area contributed by atoms with Crippen LogP contribution >= 0.6 is 0 Å². The third-order valence-corrected chi connectivity index (χ3v) is 3.66. The van der Waals surface area contributed by atoms with Crippen LogP contribution in [-0.2, 0) is 13.0 Å².